The van der Waals surface area contributed by atoms with Crippen LogP contribution in [0.2, 0.25) is 0 Å². The Morgan fingerprint density at radius 2 is 2.47 bits per heavy atom. The van der Waals surface area contributed by atoms with Gasteiger partial charge < -0.3 is 9.84 Å². The third kappa shape index (κ3) is 3.17. The number of hydrogen-bond acceptors (Lipinski definition) is 4. The van der Waals surface area contributed by atoms with E-state index >= 15 is 0 Å². The van der Waals surface area contributed by atoms with Crippen molar-refractivity contribution in [3.63, 3.8) is 0 Å². The van der Waals surface area contributed by atoms with Gasteiger partial charge in [-0.2, -0.15) is 0 Å². The first-order chi connectivity index (χ1) is 8.15. The van der Waals surface area contributed by atoms with Crippen LogP contribution in [0.25, 0.3) is 0 Å². The summed E-state index contributed by atoms with van der Waals surface area (Å²) in [6, 6.07) is 5.78. The molecule has 1 atom stereocenters. The van der Waals surface area contributed by atoms with Crippen LogP contribution in [-0.4, -0.2) is 17.1 Å². The highest BCUT2D eigenvalue weighted by molar-refractivity contribution is 7.09. The Kier molecular flexibility index (Phi) is 3.58. The first-order valence-corrected chi connectivity index (χ1v) is 6.29. The highest BCUT2D eigenvalue weighted by Gasteiger charge is 2.14. The van der Waals surface area contributed by atoms with Gasteiger partial charge in [0.1, 0.15) is 0 Å². The number of amides is 1. The van der Waals surface area contributed by atoms with E-state index in [-0.39, 0.29) is 17.7 Å². The van der Waals surface area contributed by atoms with Crippen molar-refractivity contribution in [2.45, 2.75) is 26.3 Å². The van der Waals surface area contributed by atoms with Crippen molar-refractivity contribution in [3.05, 3.63) is 39.9 Å². The van der Waals surface area contributed by atoms with E-state index in [1.807, 2.05) is 18.4 Å². The van der Waals surface area contributed by atoms with Gasteiger partial charge in [-0.3, -0.25) is 4.79 Å². The predicted molar refractivity (Wildman–Crippen MR) is 66.2 cm³/mol. The maximum Gasteiger partial charge on any atom is 0.290 e. The van der Waals surface area contributed by atoms with E-state index < -0.39 is 0 Å². The summed E-state index contributed by atoms with van der Waals surface area (Å²) in [6.45, 7) is 3.76. The van der Waals surface area contributed by atoms with Gasteiger partial charge in [0.25, 0.3) is 5.91 Å². The van der Waals surface area contributed by atoms with Crippen molar-refractivity contribution in [2.75, 3.05) is 0 Å². The Bertz CT molecular complexity index is 490. The van der Waals surface area contributed by atoms with Crippen LogP contribution in [-0.2, 0) is 6.42 Å². The van der Waals surface area contributed by atoms with Gasteiger partial charge in [0.15, 0.2) is 0 Å². The van der Waals surface area contributed by atoms with Crippen LogP contribution in [0.1, 0.15) is 28.0 Å². The molecular formula is C12H14N2O2S. The Hall–Kier alpha value is -1.62. The zero-order valence-electron chi connectivity index (χ0n) is 9.77. The molecular weight excluding hydrogens is 236 g/mol. The average Bonchev–Trinajstić information content (AvgIpc) is 2.89. The minimum Gasteiger partial charge on any atom is -0.351 e. The van der Waals surface area contributed by atoms with Gasteiger partial charge in [-0.25, -0.2) is 0 Å². The molecule has 0 spiro atoms. The number of hydrogen-bond donors (Lipinski definition) is 1. The summed E-state index contributed by atoms with van der Waals surface area (Å²) in [7, 11) is 0. The van der Waals surface area contributed by atoms with Gasteiger partial charge in [-0.05, 0) is 25.3 Å². The topological polar surface area (TPSA) is 55.1 Å². The molecule has 0 saturated heterocycles. The van der Waals surface area contributed by atoms with Gasteiger partial charge in [-0.15, -0.1) is 11.3 Å². The summed E-state index contributed by atoms with van der Waals surface area (Å²) >= 11 is 1.69. The van der Waals surface area contributed by atoms with Gasteiger partial charge in [0.2, 0.25) is 5.76 Å². The van der Waals surface area contributed by atoms with Gasteiger partial charge in [-0.1, -0.05) is 11.2 Å². The van der Waals surface area contributed by atoms with Crippen molar-refractivity contribution < 1.29 is 9.32 Å². The number of carbonyl (C=O) groups excluding carboxylic acids is 1. The molecule has 2 rings (SSSR count). The zero-order valence-corrected chi connectivity index (χ0v) is 10.6. The second-order valence-electron chi connectivity index (χ2n) is 3.99. The number of nitrogens with zero attached hydrogens (tertiary/aromatic N) is 1. The number of nitrogens with one attached hydrogen (secondary N) is 1. The van der Waals surface area contributed by atoms with Crippen LogP contribution in [0.5, 0.6) is 0 Å². The summed E-state index contributed by atoms with van der Waals surface area (Å²) in [5.74, 6) is 0.0511. The molecule has 1 N–H and O–H groups in total. The summed E-state index contributed by atoms with van der Waals surface area (Å²) in [4.78, 5) is 13.0. The largest absolute Gasteiger partial charge is 0.351 e. The van der Waals surface area contributed by atoms with Crippen molar-refractivity contribution in [3.8, 4) is 0 Å². The molecule has 0 saturated carbocycles. The second-order valence-corrected chi connectivity index (χ2v) is 5.02. The molecule has 2 aromatic rings. The van der Waals surface area contributed by atoms with E-state index in [0.717, 1.165) is 6.42 Å². The first kappa shape index (κ1) is 11.9. The first-order valence-electron chi connectivity index (χ1n) is 5.41. The lowest BCUT2D eigenvalue weighted by molar-refractivity contribution is 0.0903. The summed E-state index contributed by atoms with van der Waals surface area (Å²) in [5, 5.41) is 8.60. The van der Waals surface area contributed by atoms with E-state index in [0.29, 0.717) is 5.69 Å². The molecule has 0 aromatic carbocycles. The van der Waals surface area contributed by atoms with E-state index in [1.165, 1.54) is 4.88 Å². The fourth-order valence-corrected chi connectivity index (χ4v) is 2.38. The van der Waals surface area contributed by atoms with Gasteiger partial charge in [0.05, 0.1) is 5.69 Å². The van der Waals surface area contributed by atoms with Crippen molar-refractivity contribution in [1.82, 2.24) is 10.5 Å². The van der Waals surface area contributed by atoms with E-state index in [2.05, 4.69) is 16.5 Å². The maximum absolute atomic E-state index is 11.8. The van der Waals surface area contributed by atoms with Crippen molar-refractivity contribution in [1.29, 1.82) is 0 Å². The normalized spacial score (nSPS) is 12.4. The molecule has 90 valence electrons. The number of carbonyl (C=O) groups is 1. The third-order valence-corrected chi connectivity index (χ3v) is 3.22. The highest BCUT2D eigenvalue weighted by atomic mass is 32.1. The molecule has 1 amide bonds. The lowest BCUT2D eigenvalue weighted by Gasteiger charge is -2.11. The zero-order chi connectivity index (χ0) is 12.3. The van der Waals surface area contributed by atoms with E-state index in [4.69, 9.17) is 4.52 Å². The van der Waals surface area contributed by atoms with Crippen LogP contribution >= 0.6 is 11.3 Å². The fraction of sp³-hybridized carbons (Fsp3) is 0.333. The number of thiophene rings is 1. The number of aromatic nitrogens is 1. The minimum atomic E-state index is -0.213. The smallest absolute Gasteiger partial charge is 0.290 e. The molecule has 4 nitrogen and oxygen atoms in total. The van der Waals surface area contributed by atoms with Crippen LogP contribution in [0.4, 0.5) is 0 Å². The SMILES string of the molecule is Cc1cc(C(=O)N[C@H](C)Cc2cccs2)on1. The van der Waals surface area contributed by atoms with Crippen molar-refractivity contribution in [2.24, 2.45) is 0 Å². The second kappa shape index (κ2) is 5.14. The monoisotopic (exact) mass is 250 g/mol. The molecule has 0 bridgehead atoms. The molecule has 2 aromatic heterocycles. The summed E-state index contributed by atoms with van der Waals surface area (Å²) < 4.78 is 4.90. The molecule has 0 aliphatic rings. The van der Waals surface area contributed by atoms with E-state index in [1.54, 1.807) is 24.3 Å². The molecule has 0 unspecified atom stereocenters. The molecule has 0 radical (unpaired) electrons. The van der Waals surface area contributed by atoms with Crippen LogP contribution in [0, 0.1) is 6.92 Å². The summed E-state index contributed by atoms with van der Waals surface area (Å²) in [5.41, 5.74) is 0.709. The molecule has 2 heterocycles. The van der Waals surface area contributed by atoms with Crippen LogP contribution < -0.4 is 5.32 Å². The Balaban J connectivity index is 1.90. The molecule has 0 aliphatic heterocycles. The highest BCUT2D eigenvalue weighted by Crippen LogP contribution is 2.11. The minimum absolute atomic E-state index is 0.0755. The maximum atomic E-state index is 11.8. The molecule has 17 heavy (non-hydrogen) atoms. The predicted octanol–water partition coefficient (Wildman–Crippen LogP) is 2.41. The van der Waals surface area contributed by atoms with Crippen molar-refractivity contribution >= 4 is 17.2 Å². The number of rotatable bonds is 4. The molecule has 5 heteroatoms. The average molecular weight is 250 g/mol. The Labute approximate surface area is 104 Å². The third-order valence-electron chi connectivity index (χ3n) is 2.32. The molecule has 0 fully saturated rings. The Morgan fingerprint density at radius 1 is 1.65 bits per heavy atom. The number of aryl methyl sites for hydroxylation is 1. The fourth-order valence-electron chi connectivity index (χ4n) is 1.55. The quantitative estimate of drug-likeness (QED) is 0.906. The van der Waals surface area contributed by atoms with Gasteiger partial charge >= 0.3 is 0 Å². The van der Waals surface area contributed by atoms with Gasteiger partial charge in [0, 0.05) is 23.4 Å². The molecule has 0 aliphatic carbocycles. The van der Waals surface area contributed by atoms with Crippen LogP contribution in [0.15, 0.2) is 28.1 Å². The lowest BCUT2D eigenvalue weighted by atomic mass is 10.2. The van der Waals surface area contributed by atoms with E-state index in [9.17, 15) is 4.79 Å². The summed E-state index contributed by atoms with van der Waals surface area (Å²) in [6.07, 6.45) is 0.830. The lowest BCUT2D eigenvalue weighted by Crippen LogP contribution is -2.33. The Morgan fingerprint density at radius 3 is 3.06 bits per heavy atom. The standard InChI is InChI=1S/C12H14N2O2S/c1-8(6-10-4-3-5-17-10)13-12(15)11-7-9(2)14-16-11/h3-5,7-8H,6H2,1-2H3,(H,13,15)/t8-/m1/s1. The van der Waals surface area contributed by atoms with Crippen LogP contribution in [0.3, 0.4) is 0 Å².